The molecule has 4 heteroatoms. The average Bonchev–Trinajstić information content (AvgIpc) is 3.95. The summed E-state index contributed by atoms with van der Waals surface area (Å²) in [4.78, 5) is 0. The van der Waals surface area contributed by atoms with Crippen LogP contribution in [0.1, 0.15) is 103 Å². The van der Waals surface area contributed by atoms with E-state index in [-0.39, 0.29) is 21.7 Å². The highest BCUT2D eigenvalue weighted by molar-refractivity contribution is 6.73. The second kappa shape index (κ2) is 13.0. The van der Waals surface area contributed by atoms with Crippen LogP contribution in [-0.4, -0.2) is 11.8 Å². The lowest BCUT2D eigenvalue weighted by molar-refractivity contribution is 0.584. The van der Waals surface area contributed by atoms with Gasteiger partial charge >= 0.3 is 0 Å². The smallest absolute Gasteiger partial charge is 0.198 e. The zero-order valence-electron chi connectivity index (χ0n) is 39.8. The highest BCUT2D eigenvalue weighted by Gasteiger charge is 2.40. The van der Waals surface area contributed by atoms with Crippen molar-refractivity contribution in [2.75, 3.05) is 5.32 Å². The van der Waals surface area contributed by atoms with Crippen molar-refractivity contribution in [1.29, 1.82) is 0 Å². The van der Waals surface area contributed by atoms with E-state index in [9.17, 15) is 0 Å². The Labute approximate surface area is 388 Å². The van der Waals surface area contributed by atoms with Crippen LogP contribution in [0.2, 0.25) is 0 Å². The largest absolute Gasteiger partial charge is 0.456 e. The first kappa shape index (κ1) is 39.6. The number of hydrogen-bond donors (Lipinski definition) is 1. The quantitative estimate of drug-likeness (QED) is 0.179. The van der Waals surface area contributed by atoms with E-state index in [1.54, 1.807) is 0 Å². The number of furan rings is 1. The molecule has 1 aliphatic heterocycles. The highest BCUT2D eigenvalue weighted by atomic mass is 16.3. The standard InChI is InChI=1S/C62H55BN2O/c1-59(2,3)34-19-22-36(23-20-34)64-52-32-50-42(38-24-21-35(60(4,5)6)27-48(38)62(50,9)10)28-44(52)40-25-26-41-45-29-49-43(37-15-11-13-17-47(37)61(49,7)8)30-53(45)65-54-31-46-39-16-12-14-18-55(39)66-56(46)33-51(54)63-57(40)58(41)65/h11-33,63-64H,1-10H3. The lowest BCUT2D eigenvalue weighted by atomic mass is 9.59. The van der Waals surface area contributed by atoms with Crippen LogP contribution >= 0.6 is 0 Å². The van der Waals surface area contributed by atoms with Gasteiger partial charge in [0.2, 0.25) is 0 Å². The Morgan fingerprint density at radius 2 is 1.14 bits per heavy atom. The Morgan fingerprint density at radius 3 is 1.92 bits per heavy atom. The van der Waals surface area contributed by atoms with Crippen molar-refractivity contribution < 1.29 is 4.42 Å². The van der Waals surface area contributed by atoms with Crippen molar-refractivity contribution in [3.63, 3.8) is 0 Å². The molecular formula is C62H55BN2O. The molecular weight excluding hydrogens is 800 g/mol. The maximum atomic E-state index is 6.61. The summed E-state index contributed by atoms with van der Waals surface area (Å²) >= 11 is 0. The fourth-order valence-electron chi connectivity index (χ4n) is 12.2. The second-order valence-corrected chi connectivity index (χ2v) is 22.7. The number of para-hydroxylation sites is 1. The molecule has 1 N–H and O–H groups in total. The van der Waals surface area contributed by atoms with E-state index >= 15 is 0 Å². The molecule has 0 bridgehead atoms. The molecule has 0 spiro atoms. The van der Waals surface area contributed by atoms with E-state index in [1.165, 1.54) is 105 Å². The summed E-state index contributed by atoms with van der Waals surface area (Å²) in [6.45, 7) is 23.4. The Morgan fingerprint density at radius 1 is 0.485 bits per heavy atom. The molecule has 2 aliphatic carbocycles. The SMILES string of the molecule is CC(C)(C)c1ccc(Nc2cc3c(cc2-c2ccc4c5cc6c(cc5n5c4c2Bc2cc4oc7ccccc7c4cc2-5)-c2ccccc2C6(C)C)-c2ccc(C(C)(C)C)cc2C3(C)C)cc1. The van der Waals surface area contributed by atoms with Crippen molar-refractivity contribution in [2.24, 2.45) is 0 Å². The molecule has 0 atom stereocenters. The van der Waals surface area contributed by atoms with Crippen LogP contribution in [0.3, 0.4) is 0 Å². The Kier molecular flexibility index (Phi) is 7.78. The van der Waals surface area contributed by atoms with Crippen LogP contribution in [0.25, 0.3) is 82.8 Å². The number of aromatic nitrogens is 1. The number of nitrogens with one attached hydrogen (secondary N) is 1. The van der Waals surface area contributed by atoms with E-state index in [1.807, 2.05) is 0 Å². The van der Waals surface area contributed by atoms with Crippen molar-refractivity contribution >= 4 is 73.3 Å². The van der Waals surface area contributed by atoms with Gasteiger partial charge < -0.3 is 14.3 Å². The van der Waals surface area contributed by atoms with Gasteiger partial charge in [0.05, 0.1) is 5.52 Å². The molecule has 10 aromatic rings. The van der Waals surface area contributed by atoms with Crippen molar-refractivity contribution in [3.05, 3.63) is 173 Å². The number of rotatable bonds is 3. The molecule has 66 heavy (non-hydrogen) atoms. The molecule has 0 amide bonds. The summed E-state index contributed by atoms with van der Waals surface area (Å²) in [7, 11) is 0.785. The molecule has 8 aromatic carbocycles. The summed E-state index contributed by atoms with van der Waals surface area (Å²) in [5, 5.41) is 8.94. The van der Waals surface area contributed by atoms with E-state index in [0.717, 1.165) is 40.6 Å². The number of anilines is 2. The Balaban J connectivity index is 1.10. The minimum atomic E-state index is -0.175. The predicted octanol–water partition coefficient (Wildman–Crippen LogP) is 15.0. The lowest BCUT2D eigenvalue weighted by Crippen LogP contribution is -2.37. The Bertz CT molecular complexity index is 3770. The fraction of sp³-hybridized carbons (Fsp3) is 0.226. The first-order valence-electron chi connectivity index (χ1n) is 23.9. The van der Waals surface area contributed by atoms with Crippen LogP contribution in [0.15, 0.2) is 144 Å². The third kappa shape index (κ3) is 5.39. The van der Waals surface area contributed by atoms with Gasteiger partial charge in [0, 0.05) is 60.5 Å². The molecule has 0 radical (unpaired) electrons. The summed E-state index contributed by atoms with van der Waals surface area (Å²) < 4.78 is 9.22. The van der Waals surface area contributed by atoms with Gasteiger partial charge in [-0.3, -0.25) is 0 Å². The van der Waals surface area contributed by atoms with E-state index in [0.29, 0.717) is 0 Å². The van der Waals surface area contributed by atoms with Gasteiger partial charge in [-0.05, 0) is 132 Å². The molecule has 0 saturated carbocycles. The third-order valence-electron chi connectivity index (χ3n) is 15.9. The zero-order valence-corrected chi connectivity index (χ0v) is 39.8. The van der Waals surface area contributed by atoms with Crippen molar-refractivity contribution in [2.45, 2.75) is 90.9 Å². The van der Waals surface area contributed by atoms with E-state index in [4.69, 9.17) is 4.42 Å². The number of hydrogen-bond acceptors (Lipinski definition) is 2. The topological polar surface area (TPSA) is 30.1 Å². The highest BCUT2D eigenvalue weighted by Crippen LogP contribution is 2.54. The van der Waals surface area contributed by atoms with Gasteiger partial charge in [-0.15, -0.1) is 0 Å². The minimum Gasteiger partial charge on any atom is -0.456 e. The van der Waals surface area contributed by atoms with Gasteiger partial charge in [0.25, 0.3) is 0 Å². The zero-order chi connectivity index (χ0) is 45.4. The molecule has 13 rings (SSSR count). The molecule has 3 nitrogen and oxygen atoms in total. The summed E-state index contributed by atoms with van der Waals surface area (Å²) in [5.41, 5.74) is 26.4. The monoisotopic (exact) mass is 854 g/mol. The van der Waals surface area contributed by atoms with Crippen LogP contribution in [0.5, 0.6) is 0 Å². The molecule has 0 saturated heterocycles. The van der Waals surface area contributed by atoms with Gasteiger partial charge in [-0.1, -0.05) is 160 Å². The normalized spacial score (nSPS) is 15.2. The number of fused-ring (bicyclic) bond motifs is 14. The van der Waals surface area contributed by atoms with Crippen LogP contribution in [-0.2, 0) is 21.7 Å². The predicted molar refractivity (Wildman–Crippen MR) is 282 cm³/mol. The van der Waals surface area contributed by atoms with Crippen molar-refractivity contribution in [3.8, 4) is 39.1 Å². The van der Waals surface area contributed by atoms with E-state index in [2.05, 4.69) is 219 Å². The first-order valence-corrected chi connectivity index (χ1v) is 23.9. The van der Waals surface area contributed by atoms with Gasteiger partial charge in [-0.25, -0.2) is 0 Å². The molecule has 0 unspecified atom stereocenters. The molecule has 3 heterocycles. The second-order valence-electron chi connectivity index (χ2n) is 22.7. The maximum Gasteiger partial charge on any atom is 0.198 e. The average molecular weight is 855 g/mol. The fourth-order valence-corrected chi connectivity index (χ4v) is 12.2. The maximum absolute atomic E-state index is 6.61. The summed E-state index contributed by atoms with van der Waals surface area (Å²) in [6.07, 6.45) is 0. The van der Waals surface area contributed by atoms with Crippen LogP contribution < -0.4 is 16.2 Å². The van der Waals surface area contributed by atoms with Crippen LogP contribution in [0.4, 0.5) is 11.4 Å². The molecule has 2 aromatic heterocycles. The minimum absolute atomic E-state index is 0.0526. The van der Waals surface area contributed by atoms with E-state index < -0.39 is 0 Å². The molecule has 3 aliphatic rings. The molecule has 322 valence electrons. The van der Waals surface area contributed by atoms with Gasteiger partial charge in [0.1, 0.15) is 11.2 Å². The third-order valence-corrected chi connectivity index (χ3v) is 15.9. The molecule has 0 fully saturated rings. The summed E-state index contributed by atoms with van der Waals surface area (Å²) in [5.74, 6) is 0. The Hall–Kier alpha value is -6.78. The lowest BCUT2D eigenvalue weighted by Gasteiger charge is -2.27. The number of nitrogens with zero attached hydrogens (tertiary/aromatic N) is 1. The van der Waals surface area contributed by atoms with Crippen LogP contribution in [0, 0.1) is 0 Å². The van der Waals surface area contributed by atoms with Gasteiger partial charge in [0.15, 0.2) is 7.28 Å². The summed E-state index contributed by atoms with van der Waals surface area (Å²) in [6, 6.07) is 53.4. The van der Waals surface area contributed by atoms with Crippen molar-refractivity contribution in [1.82, 2.24) is 4.57 Å². The number of benzene rings is 8. The van der Waals surface area contributed by atoms with Gasteiger partial charge in [-0.2, -0.15) is 0 Å². The first-order chi connectivity index (χ1) is 31.5.